The van der Waals surface area contributed by atoms with Gasteiger partial charge in [0.25, 0.3) is 0 Å². The molecule has 0 aliphatic carbocycles. The van der Waals surface area contributed by atoms with Crippen molar-refractivity contribution < 1.29 is 14.0 Å². The molecule has 0 saturated carbocycles. The van der Waals surface area contributed by atoms with Crippen molar-refractivity contribution in [2.45, 2.75) is 25.9 Å². The Morgan fingerprint density at radius 3 is 2.33 bits per heavy atom. The fourth-order valence-electron chi connectivity index (χ4n) is 5.45. The highest BCUT2D eigenvalue weighted by atomic mass is 19.1. The van der Waals surface area contributed by atoms with Crippen LogP contribution < -0.4 is 10.2 Å². The molecule has 1 unspecified atom stereocenters. The molecule has 7 heteroatoms. The highest BCUT2D eigenvalue weighted by molar-refractivity contribution is 6.04. The van der Waals surface area contributed by atoms with Gasteiger partial charge in [-0.1, -0.05) is 60.7 Å². The summed E-state index contributed by atoms with van der Waals surface area (Å²) in [6.07, 6.45) is 1.96. The van der Waals surface area contributed by atoms with Crippen molar-refractivity contribution >= 4 is 34.1 Å². The smallest absolute Gasteiger partial charge is 0.316 e. The maximum atomic E-state index is 14.2. The molecular weight excluding hydrogens is 503 g/mol. The normalized spacial score (nSPS) is 14.1. The van der Waals surface area contributed by atoms with Gasteiger partial charge in [-0.3, -0.25) is 9.69 Å². The lowest BCUT2D eigenvalue weighted by molar-refractivity contribution is -0.119. The molecule has 0 bridgehead atoms. The predicted octanol–water partition coefficient (Wildman–Crippen LogP) is 7.15. The molecule has 4 aromatic carbocycles. The minimum Gasteiger partial charge on any atom is -0.316 e. The lowest BCUT2D eigenvalue weighted by Crippen LogP contribution is -2.49. The van der Waals surface area contributed by atoms with E-state index >= 15 is 0 Å². The van der Waals surface area contributed by atoms with Gasteiger partial charge >= 0.3 is 6.03 Å². The van der Waals surface area contributed by atoms with Gasteiger partial charge in [0.2, 0.25) is 5.91 Å². The van der Waals surface area contributed by atoms with Gasteiger partial charge < -0.3 is 14.8 Å². The number of anilines is 2. The average molecular weight is 533 g/mol. The zero-order valence-electron chi connectivity index (χ0n) is 22.3. The van der Waals surface area contributed by atoms with Gasteiger partial charge in [-0.25, -0.2) is 9.18 Å². The summed E-state index contributed by atoms with van der Waals surface area (Å²) in [5.74, 6) is -0.583. The van der Waals surface area contributed by atoms with Crippen molar-refractivity contribution in [3.8, 4) is 5.69 Å². The summed E-state index contributed by atoms with van der Waals surface area (Å²) in [7, 11) is 0. The molecule has 6 rings (SSSR count). The summed E-state index contributed by atoms with van der Waals surface area (Å²) < 4.78 is 15.9. The SMILES string of the molecule is CC(C)N(CC(=O)N1c2ccccc2-n2cccc2C1c1ccc(F)cc1)C(=O)Nc1cccc2ccccc12. The number of nitrogens with zero attached hydrogens (tertiary/aromatic N) is 3. The third kappa shape index (κ3) is 4.49. The van der Waals surface area contributed by atoms with Crippen LogP contribution in [0.25, 0.3) is 16.5 Å². The Bertz CT molecular complexity index is 1700. The second-order valence-electron chi connectivity index (χ2n) is 10.2. The molecule has 1 N–H and O–H groups in total. The zero-order chi connectivity index (χ0) is 27.8. The molecule has 0 spiro atoms. The van der Waals surface area contributed by atoms with Crippen LogP contribution in [0.5, 0.6) is 0 Å². The number of halogens is 1. The number of hydrogen-bond donors (Lipinski definition) is 1. The molecule has 3 amide bonds. The van der Waals surface area contributed by atoms with Gasteiger partial charge in [0, 0.05) is 17.6 Å². The summed E-state index contributed by atoms with van der Waals surface area (Å²) in [5.41, 5.74) is 3.94. The number of amides is 3. The van der Waals surface area contributed by atoms with Crippen molar-refractivity contribution in [3.63, 3.8) is 0 Å². The molecule has 40 heavy (non-hydrogen) atoms. The van der Waals surface area contributed by atoms with Crippen LogP contribution in [0.3, 0.4) is 0 Å². The Hall–Kier alpha value is -4.91. The first-order chi connectivity index (χ1) is 19.4. The van der Waals surface area contributed by atoms with Crippen molar-refractivity contribution in [1.82, 2.24) is 9.47 Å². The Kier molecular flexibility index (Phi) is 6.56. The molecule has 0 radical (unpaired) electrons. The number of carbonyl (C=O) groups is 2. The van der Waals surface area contributed by atoms with E-state index in [0.29, 0.717) is 5.69 Å². The zero-order valence-corrected chi connectivity index (χ0v) is 22.3. The van der Waals surface area contributed by atoms with Gasteiger partial charge in [0.15, 0.2) is 0 Å². The number of carbonyl (C=O) groups excluding carboxylic acids is 2. The molecule has 0 fully saturated rings. The van der Waals surface area contributed by atoms with E-state index < -0.39 is 6.04 Å². The maximum absolute atomic E-state index is 14.2. The highest BCUT2D eigenvalue weighted by Crippen LogP contribution is 2.42. The molecule has 6 nitrogen and oxygen atoms in total. The second kappa shape index (κ2) is 10.3. The largest absolute Gasteiger partial charge is 0.322 e. The maximum Gasteiger partial charge on any atom is 0.322 e. The van der Waals surface area contributed by atoms with Crippen molar-refractivity contribution in [2.75, 3.05) is 16.8 Å². The minimum absolute atomic E-state index is 0.138. The molecule has 0 saturated heterocycles. The van der Waals surface area contributed by atoms with Crippen LogP contribution in [0.15, 0.2) is 109 Å². The van der Waals surface area contributed by atoms with Crippen molar-refractivity contribution in [3.05, 3.63) is 126 Å². The molecule has 200 valence electrons. The fraction of sp³-hybridized carbons (Fsp3) is 0.152. The fourth-order valence-corrected chi connectivity index (χ4v) is 5.45. The van der Waals surface area contributed by atoms with E-state index in [4.69, 9.17) is 0 Å². The Morgan fingerprint density at radius 1 is 0.850 bits per heavy atom. The standard InChI is InChI=1S/C33H29FN4O2/c1-22(2)37(33(40)35-27-12-7-10-23-9-3-4-11-26(23)27)21-31(39)38-29-14-6-5-13-28(29)36-20-8-15-30(36)32(38)24-16-18-25(34)19-17-24/h3-20,22,32H,21H2,1-2H3,(H,35,40). The van der Waals surface area contributed by atoms with Crippen LogP contribution in [0.1, 0.15) is 31.1 Å². The predicted molar refractivity (Wildman–Crippen MR) is 156 cm³/mol. The van der Waals surface area contributed by atoms with E-state index in [9.17, 15) is 14.0 Å². The first-order valence-corrected chi connectivity index (χ1v) is 13.3. The number of fused-ring (bicyclic) bond motifs is 4. The van der Waals surface area contributed by atoms with Crippen LogP contribution >= 0.6 is 0 Å². The first kappa shape index (κ1) is 25.4. The van der Waals surface area contributed by atoms with Crippen LogP contribution in [-0.4, -0.2) is 34.0 Å². The molecule has 1 aliphatic heterocycles. The van der Waals surface area contributed by atoms with Gasteiger partial charge in [0.05, 0.1) is 22.8 Å². The molecule has 1 aliphatic rings. The van der Waals surface area contributed by atoms with E-state index in [1.54, 1.807) is 21.9 Å². The third-order valence-electron chi connectivity index (χ3n) is 7.39. The number of hydrogen-bond acceptors (Lipinski definition) is 2. The molecular formula is C33H29FN4O2. The van der Waals surface area contributed by atoms with Crippen LogP contribution in [0, 0.1) is 5.82 Å². The van der Waals surface area contributed by atoms with Crippen molar-refractivity contribution in [2.24, 2.45) is 0 Å². The van der Waals surface area contributed by atoms with Gasteiger partial charge in [0.1, 0.15) is 18.4 Å². The van der Waals surface area contributed by atoms with Crippen LogP contribution in [-0.2, 0) is 4.79 Å². The lowest BCUT2D eigenvalue weighted by Gasteiger charge is -2.40. The van der Waals surface area contributed by atoms with E-state index in [1.807, 2.05) is 98.9 Å². The highest BCUT2D eigenvalue weighted by Gasteiger charge is 2.37. The minimum atomic E-state index is -0.492. The van der Waals surface area contributed by atoms with Gasteiger partial charge in [-0.15, -0.1) is 0 Å². The van der Waals surface area contributed by atoms with Gasteiger partial charge in [-0.05, 0) is 67.3 Å². The molecule has 2 heterocycles. The molecule has 5 aromatic rings. The monoisotopic (exact) mass is 532 g/mol. The third-order valence-corrected chi connectivity index (χ3v) is 7.39. The number of para-hydroxylation sites is 2. The van der Waals surface area contributed by atoms with E-state index in [-0.39, 0.29) is 30.3 Å². The summed E-state index contributed by atoms with van der Waals surface area (Å²) in [6, 6.07) is 30.3. The topological polar surface area (TPSA) is 57.6 Å². The number of benzene rings is 4. The first-order valence-electron chi connectivity index (χ1n) is 13.3. The summed E-state index contributed by atoms with van der Waals surface area (Å²) in [5, 5.41) is 4.97. The Balaban J connectivity index is 1.36. The second-order valence-corrected chi connectivity index (χ2v) is 10.2. The summed E-state index contributed by atoms with van der Waals surface area (Å²) >= 11 is 0. The summed E-state index contributed by atoms with van der Waals surface area (Å²) in [4.78, 5) is 31.1. The van der Waals surface area contributed by atoms with Crippen LogP contribution in [0.4, 0.5) is 20.6 Å². The molecule has 1 aromatic heterocycles. The Morgan fingerprint density at radius 2 is 1.55 bits per heavy atom. The quantitative estimate of drug-likeness (QED) is 0.261. The number of aromatic nitrogens is 1. The van der Waals surface area contributed by atoms with E-state index in [1.165, 1.54) is 12.1 Å². The van der Waals surface area contributed by atoms with Crippen molar-refractivity contribution in [1.29, 1.82) is 0 Å². The molecule has 1 atom stereocenters. The Labute approximate surface area is 232 Å². The summed E-state index contributed by atoms with van der Waals surface area (Å²) in [6.45, 7) is 3.65. The average Bonchev–Trinajstić information content (AvgIpc) is 3.46. The number of urea groups is 1. The lowest BCUT2D eigenvalue weighted by atomic mass is 9.97. The number of rotatable bonds is 5. The van der Waals surface area contributed by atoms with E-state index in [0.717, 1.165) is 33.4 Å². The van der Waals surface area contributed by atoms with Crippen LogP contribution in [0.2, 0.25) is 0 Å². The van der Waals surface area contributed by atoms with Gasteiger partial charge in [-0.2, -0.15) is 0 Å². The number of nitrogens with one attached hydrogen (secondary N) is 1. The van der Waals surface area contributed by atoms with E-state index in [2.05, 4.69) is 9.88 Å².